The quantitative estimate of drug-likeness (QED) is 0.661. The highest BCUT2D eigenvalue weighted by Crippen LogP contribution is 2.13. The van der Waals surface area contributed by atoms with Gasteiger partial charge in [-0.25, -0.2) is 9.78 Å². The predicted octanol–water partition coefficient (Wildman–Crippen LogP) is 2.79. The van der Waals surface area contributed by atoms with Gasteiger partial charge in [0.15, 0.2) is 0 Å². The van der Waals surface area contributed by atoms with E-state index in [9.17, 15) is 9.59 Å². The molecule has 0 aromatic carbocycles. The van der Waals surface area contributed by atoms with Gasteiger partial charge in [0.05, 0.1) is 0 Å². The van der Waals surface area contributed by atoms with Crippen molar-refractivity contribution in [2.75, 3.05) is 0 Å². The molecule has 3 aromatic rings. The number of nitrogens with one attached hydrogen (secondary N) is 2. The van der Waals surface area contributed by atoms with Crippen molar-refractivity contribution < 1.29 is 0 Å². The van der Waals surface area contributed by atoms with Gasteiger partial charge < -0.3 is 4.98 Å². The second kappa shape index (κ2) is 7.23. The Morgan fingerprint density at radius 1 is 1.29 bits per heavy atom. The molecule has 0 saturated heterocycles. The summed E-state index contributed by atoms with van der Waals surface area (Å²) in [5, 5.41) is 2.34. The number of aryl methyl sites for hydroxylation is 3. The molecule has 8 heteroatoms. The van der Waals surface area contributed by atoms with E-state index in [-0.39, 0.29) is 10.0 Å². The van der Waals surface area contributed by atoms with Crippen LogP contribution in [-0.4, -0.2) is 19.5 Å². The fraction of sp³-hybridized carbons (Fsp3) is 0.375. The van der Waals surface area contributed by atoms with Gasteiger partial charge in [0.1, 0.15) is 21.5 Å². The zero-order valence-electron chi connectivity index (χ0n) is 13.3. The van der Waals surface area contributed by atoms with Crippen LogP contribution in [0.3, 0.4) is 0 Å². The van der Waals surface area contributed by atoms with E-state index in [1.807, 2.05) is 13.0 Å². The molecule has 24 heavy (non-hydrogen) atoms. The van der Waals surface area contributed by atoms with Crippen molar-refractivity contribution in [3.63, 3.8) is 0 Å². The maximum atomic E-state index is 12.1. The number of nitrogens with zero attached hydrogens (tertiary/aromatic N) is 2. The lowest BCUT2D eigenvalue weighted by atomic mass is 10.2. The van der Waals surface area contributed by atoms with Crippen molar-refractivity contribution in [1.82, 2.24) is 19.5 Å². The molecule has 3 rings (SSSR count). The molecule has 0 atom stereocenters. The van der Waals surface area contributed by atoms with Gasteiger partial charge in [-0.1, -0.05) is 25.2 Å². The summed E-state index contributed by atoms with van der Waals surface area (Å²) in [6, 6.07) is 4.15. The minimum absolute atomic E-state index is 0.237. The first-order chi connectivity index (χ1) is 11.6. The normalized spacial score (nSPS) is 11.2. The molecular weight excluding hydrogens is 344 g/mol. The van der Waals surface area contributed by atoms with Crippen LogP contribution in [0.5, 0.6) is 0 Å². The smallest absolute Gasteiger partial charge is 0.329 e. The van der Waals surface area contributed by atoms with Gasteiger partial charge in [-0.2, -0.15) is 0 Å². The van der Waals surface area contributed by atoms with Crippen molar-refractivity contribution in [3.8, 4) is 0 Å². The Morgan fingerprint density at radius 2 is 2.12 bits per heavy atom. The molecule has 6 nitrogen and oxygen atoms in total. The van der Waals surface area contributed by atoms with E-state index in [4.69, 9.17) is 12.2 Å². The van der Waals surface area contributed by atoms with Gasteiger partial charge in [0.2, 0.25) is 0 Å². The van der Waals surface area contributed by atoms with Crippen molar-refractivity contribution in [2.24, 2.45) is 0 Å². The van der Waals surface area contributed by atoms with Crippen LogP contribution >= 0.6 is 23.6 Å². The Labute approximate surface area is 147 Å². The highest BCUT2D eigenvalue weighted by Gasteiger charge is 2.11. The van der Waals surface area contributed by atoms with Crippen molar-refractivity contribution in [1.29, 1.82) is 0 Å². The molecule has 0 amide bonds. The Morgan fingerprint density at radius 3 is 2.83 bits per heavy atom. The summed E-state index contributed by atoms with van der Waals surface area (Å²) >= 11 is 7.02. The summed E-state index contributed by atoms with van der Waals surface area (Å²) in [6.45, 7) is 2.48. The van der Waals surface area contributed by atoms with Crippen LogP contribution in [0.25, 0.3) is 11.0 Å². The molecule has 2 N–H and O–H groups in total. The van der Waals surface area contributed by atoms with E-state index in [1.165, 1.54) is 9.44 Å². The lowest BCUT2D eigenvalue weighted by molar-refractivity contribution is 0.646. The summed E-state index contributed by atoms with van der Waals surface area (Å²) in [6.07, 6.45) is 3.38. The molecule has 0 saturated carbocycles. The minimum atomic E-state index is -0.485. The molecule has 0 radical (unpaired) electrons. The van der Waals surface area contributed by atoms with Gasteiger partial charge in [0.25, 0.3) is 5.56 Å². The largest absolute Gasteiger partial charge is 0.329 e. The maximum Gasteiger partial charge on any atom is 0.329 e. The number of aromatic amines is 2. The number of fused-ring (bicyclic) bond motifs is 1. The molecular formula is C16H18N4O2S2. The van der Waals surface area contributed by atoms with Crippen molar-refractivity contribution >= 4 is 34.6 Å². The summed E-state index contributed by atoms with van der Waals surface area (Å²) in [4.78, 5) is 35.3. The zero-order valence-corrected chi connectivity index (χ0v) is 14.9. The first-order valence-corrected chi connectivity index (χ1v) is 9.17. The number of hydrogen-bond acceptors (Lipinski definition) is 5. The van der Waals surface area contributed by atoms with Gasteiger partial charge in [-0.3, -0.25) is 14.3 Å². The average Bonchev–Trinajstić information content (AvgIpc) is 3.04. The molecule has 3 aromatic heterocycles. The maximum absolute atomic E-state index is 12.1. The van der Waals surface area contributed by atoms with Crippen LogP contribution in [0.15, 0.2) is 27.1 Å². The fourth-order valence-electron chi connectivity index (χ4n) is 2.68. The third-order valence-corrected chi connectivity index (χ3v) is 5.01. The molecule has 126 valence electrons. The third kappa shape index (κ3) is 3.39. The minimum Gasteiger partial charge on any atom is -0.329 e. The lowest BCUT2D eigenvalue weighted by Crippen LogP contribution is -2.31. The Kier molecular flexibility index (Phi) is 5.06. The SMILES string of the molecule is CCCn1c(=O)[nH]c(=O)c2c(=S)nc(CCCc3cccs3)[nH]c21. The highest BCUT2D eigenvalue weighted by molar-refractivity contribution is 7.71. The van der Waals surface area contributed by atoms with E-state index < -0.39 is 11.2 Å². The zero-order chi connectivity index (χ0) is 17.1. The Balaban J connectivity index is 1.98. The summed E-state index contributed by atoms with van der Waals surface area (Å²) in [7, 11) is 0. The van der Waals surface area contributed by atoms with Gasteiger partial charge in [0, 0.05) is 17.8 Å². The molecule has 0 aliphatic heterocycles. The molecule has 0 spiro atoms. The lowest BCUT2D eigenvalue weighted by Gasteiger charge is -2.10. The highest BCUT2D eigenvalue weighted by atomic mass is 32.1. The number of H-pyrrole nitrogens is 2. The van der Waals surface area contributed by atoms with Gasteiger partial charge in [-0.15, -0.1) is 11.3 Å². The standard InChI is InChI=1S/C16H18N4O2S2/c1-2-8-20-13-12(14(21)19-16(20)22)15(23)18-11(17-13)7-3-5-10-6-4-9-24-10/h4,6,9H,2-3,5,7-8H2,1H3,(H,17,18,23)(H,19,21,22). The van der Waals surface area contributed by atoms with E-state index in [2.05, 4.69) is 26.4 Å². The Hall–Kier alpha value is -2.06. The third-order valence-electron chi connectivity index (χ3n) is 3.78. The first kappa shape index (κ1) is 16.8. The second-order valence-corrected chi connectivity index (χ2v) is 6.98. The van der Waals surface area contributed by atoms with Crippen molar-refractivity contribution in [3.05, 3.63) is 53.7 Å². The number of aromatic nitrogens is 4. The average molecular weight is 362 g/mol. The van der Waals surface area contributed by atoms with E-state index in [0.29, 0.717) is 24.4 Å². The molecule has 0 aliphatic carbocycles. The second-order valence-electron chi connectivity index (χ2n) is 5.56. The van der Waals surface area contributed by atoms with E-state index in [0.717, 1.165) is 19.3 Å². The first-order valence-electron chi connectivity index (χ1n) is 7.88. The molecule has 0 unspecified atom stereocenters. The van der Waals surface area contributed by atoms with Crippen LogP contribution < -0.4 is 11.2 Å². The van der Waals surface area contributed by atoms with E-state index >= 15 is 0 Å². The van der Waals surface area contributed by atoms with Crippen LogP contribution in [-0.2, 0) is 19.4 Å². The van der Waals surface area contributed by atoms with Gasteiger partial charge in [-0.05, 0) is 30.7 Å². The van der Waals surface area contributed by atoms with Crippen LogP contribution in [0, 0.1) is 4.64 Å². The number of hydrogen-bond donors (Lipinski definition) is 2. The van der Waals surface area contributed by atoms with Crippen LogP contribution in [0.4, 0.5) is 0 Å². The summed E-state index contributed by atoms with van der Waals surface area (Å²) < 4.78 is 1.76. The topological polar surface area (TPSA) is 83.5 Å². The molecule has 3 heterocycles. The molecule has 0 fully saturated rings. The number of rotatable bonds is 6. The summed E-state index contributed by atoms with van der Waals surface area (Å²) in [5.41, 5.74) is -0.436. The Bertz CT molecular complexity index is 1020. The fourth-order valence-corrected chi connectivity index (χ4v) is 3.73. The monoisotopic (exact) mass is 362 g/mol. The number of thiophene rings is 1. The summed E-state index contributed by atoms with van der Waals surface area (Å²) in [5.74, 6) is 0.707. The van der Waals surface area contributed by atoms with Crippen LogP contribution in [0.1, 0.15) is 30.5 Å². The van der Waals surface area contributed by atoms with E-state index in [1.54, 1.807) is 11.3 Å². The van der Waals surface area contributed by atoms with Gasteiger partial charge >= 0.3 is 5.69 Å². The van der Waals surface area contributed by atoms with Crippen LogP contribution in [0.2, 0.25) is 0 Å². The van der Waals surface area contributed by atoms with Crippen molar-refractivity contribution in [2.45, 2.75) is 39.2 Å². The molecule has 0 bridgehead atoms. The predicted molar refractivity (Wildman–Crippen MR) is 98.4 cm³/mol. The molecule has 0 aliphatic rings.